The highest BCUT2D eigenvalue weighted by molar-refractivity contribution is 7.89. The SMILES string of the molecule is CNCCS(=O)(=O)NCC(C)COC. The molecule has 0 aliphatic rings. The van der Waals surface area contributed by atoms with Crippen molar-refractivity contribution in [3.8, 4) is 0 Å². The van der Waals surface area contributed by atoms with Gasteiger partial charge in [0.2, 0.25) is 10.0 Å². The summed E-state index contributed by atoms with van der Waals surface area (Å²) >= 11 is 0. The Morgan fingerprint density at radius 2 is 2.07 bits per heavy atom. The molecule has 0 saturated heterocycles. The van der Waals surface area contributed by atoms with Gasteiger partial charge in [-0.2, -0.15) is 0 Å². The van der Waals surface area contributed by atoms with Crippen molar-refractivity contribution in [1.82, 2.24) is 10.0 Å². The first-order chi connectivity index (χ1) is 6.52. The van der Waals surface area contributed by atoms with Crippen LogP contribution in [0.2, 0.25) is 0 Å². The lowest BCUT2D eigenvalue weighted by atomic mass is 10.2. The number of hydrogen-bond donors (Lipinski definition) is 2. The molecule has 1 atom stereocenters. The van der Waals surface area contributed by atoms with E-state index in [1.54, 1.807) is 14.2 Å². The highest BCUT2D eigenvalue weighted by atomic mass is 32.2. The van der Waals surface area contributed by atoms with Crippen LogP contribution in [-0.2, 0) is 14.8 Å². The van der Waals surface area contributed by atoms with Gasteiger partial charge in [0.05, 0.1) is 5.75 Å². The Kier molecular flexibility index (Phi) is 7.08. The third-order valence-corrected chi connectivity index (χ3v) is 3.07. The lowest BCUT2D eigenvalue weighted by Gasteiger charge is -2.11. The summed E-state index contributed by atoms with van der Waals surface area (Å²) in [6.07, 6.45) is 0. The molecule has 0 aromatic rings. The monoisotopic (exact) mass is 224 g/mol. The van der Waals surface area contributed by atoms with Crippen molar-refractivity contribution >= 4 is 10.0 Å². The van der Waals surface area contributed by atoms with E-state index in [4.69, 9.17) is 4.74 Å². The second kappa shape index (κ2) is 7.17. The molecular formula is C8H20N2O3S. The van der Waals surface area contributed by atoms with E-state index < -0.39 is 10.0 Å². The summed E-state index contributed by atoms with van der Waals surface area (Å²) in [4.78, 5) is 0. The second-order valence-corrected chi connectivity index (χ2v) is 5.26. The largest absolute Gasteiger partial charge is 0.384 e. The Morgan fingerprint density at radius 1 is 1.43 bits per heavy atom. The van der Waals surface area contributed by atoms with Crippen LogP contribution in [0.3, 0.4) is 0 Å². The number of rotatable bonds is 8. The van der Waals surface area contributed by atoms with E-state index in [9.17, 15) is 8.42 Å². The van der Waals surface area contributed by atoms with Crippen LogP contribution in [0.5, 0.6) is 0 Å². The molecule has 0 amide bonds. The third kappa shape index (κ3) is 7.25. The fraction of sp³-hybridized carbons (Fsp3) is 1.00. The van der Waals surface area contributed by atoms with Crippen molar-refractivity contribution in [1.29, 1.82) is 0 Å². The van der Waals surface area contributed by atoms with Gasteiger partial charge in [-0.15, -0.1) is 0 Å². The predicted octanol–water partition coefficient (Wildman–Crippen LogP) is -0.592. The minimum absolute atomic E-state index is 0.114. The molecular weight excluding hydrogens is 204 g/mol. The van der Waals surface area contributed by atoms with E-state index in [1.165, 1.54) is 0 Å². The van der Waals surface area contributed by atoms with Gasteiger partial charge >= 0.3 is 0 Å². The van der Waals surface area contributed by atoms with Crippen molar-refractivity contribution in [2.45, 2.75) is 6.92 Å². The molecule has 0 heterocycles. The average molecular weight is 224 g/mol. The van der Waals surface area contributed by atoms with Crippen molar-refractivity contribution in [3.05, 3.63) is 0 Å². The van der Waals surface area contributed by atoms with Crippen LogP contribution in [-0.4, -0.2) is 48.0 Å². The van der Waals surface area contributed by atoms with E-state index in [1.807, 2.05) is 6.92 Å². The predicted molar refractivity (Wildman–Crippen MR) is 56.8 cm³/mol. The standard InChI is InChI=1S/C8H20N2O3S/c1-8(7-13-3)6-10-14(11,12)5-4-9-2/h8-10H,4-7H2,1-3H3. The van der Waals surface area contributed by atoms with Crippen molar-refractivity contribution < 1.29 is 13.2 Å². The average Bonchev–Trinajstić information content (AvgIpc) is 2.13. The van der Waals surface area contributed by atoms with Crippen LogP contribution in [0.15, 0.2) is 0 Å². The van der Waals surface area contributed by atoms with Gasteiger partial charge in [0.25, 0.3) is 0 Å². The van der Waals surface area contributed by atoms with Gasteiger partial charge in [-0.25, -0.2) is 13.1 Å². The van der Waals surface area contributed by atoms with Gasteiger partial charge in [0, 0.05) is 26.8 Å². The minimum Gasteiger partial charge on any atom is -0.384 e. The quantitative estimate of drug-likeness (QED) is 0.578. The number of ether oxygens (including phenoxy) is 1. The lowest BCUT2D eigenvalue weighted by Crippen LogP contribution is -2.34. The van der Waals surface area contributed by atoms with Crippen LogP contribution < -0.4 is 10.0 Å². The Balaban J connectivity index is 3.75. The molecule has 86 valence electrons. The normalized spacial score (nSPS) is 14.2. The molecule has 5 nitrogen and oxygen atoms in total. The Bertz CT molecular complexity index is 229. The molecule has 0 aliphatic carbocycles. The van der Waals surface area contributed by atoms with E-state index in [2.05, 4.69) is 10.0 Å². The maximum Gasteiger partial charge on any atom is 0.212 e. The van der Waals surface area contributed by atoms with Crippen molar-refractivity contribution in [2.75, 3.05) is 39.6 Å². The molecule has 1 unspecified atom stereocenters. The molecule has 0 spiro atoms. The van der Waals surface area contributed by atoms with Crippen LogP contribution in [0.1, 0.15) is 6.92 Å². The molecule has 0 fully saturated rings. The smallest absolute Gasteiger partial charge is 0.212 e. The first-order valence-corrected chi connectivity index (χ1v) is 6.28. The van der Waals surface area contributed by atoms with Gasteiger partial charge in [0.15, 0.2) is 0 Å². The van der Waals surface area contributed by atoms with E-state index in [-0.39, 0.29) is 11.7 Å². The molecule has 0 radical (unpaired) electrons. The van der Waals surface area contributed by atoms with Gasteiger partial charge < -0.3 is 10.1 Å². The molecule has 0 rings (SSSR count). The molecule has 0 aromatic carbocycles. The topological polar surface area (TPSA) is 67.4 Å². The zero-order valence-electron chi connectivity index (χ0n) is 9.04. The third-order valence-electron chi connectivity index (χ3n) is 1.72. The summed E-state index contributed by atoms with van der Waals surface area (Å²) < 4.78 is 30.0. The van der Waals surface area contributed by atoms with E-state index in [0.717, 1.165) is 0 Å². The number of methoxy groups -OCH3 is 1. The molecule has 14 heavy (non-hydrogen) atoms. The second-order valence-electron chi connectivity index (χ2n) is 3.33. The number of sulfonamides is 1. The molecule has 0 aromatic heterocycles. The Morgan fingerprint density at radius 3 is 2.57 bits per heavy atom. The van der Waals surface area contributed by atoms with Crippen molar-refractivity contribution in [3.63, 3.8) is 0 Å². The number of nitrogens with one attached hydrogen (secondary N) is 2. The zero-order valence-corrected chi connectivity index (χ0v) is 9.86. The highest BCUT2D eigenvalue weighted by Gasteiger charge is 2.10. The summed E-state index contributed by atoms with van der Waals surface area (Å²) in [5.74, 6) is 0.313. The van der Waals surface area contributed by atoms with Gasteiger partial charge in [-0.1, -0.05) is 6.92 Å². The molecule has 0 bridgehead atoms. The van der Waals surface area contributed by atoms with Crippen LogP contribution in [0.4, 0.5) is 0 Å². The van der Waals surface area contributed by atoms with Gasteiger partial charge in [0.1, 0.15) is 0 Å². The van der Waals surface area contributed by atoms with Gasteiger partial charge in [-0.05, 0) is 13.0 Å². The summed E-state index contributed by atoms with van der Waals surface area (Å²) in [5.41, 5.74) is 0. The Hall–Kier alpha value is -0.170. The zero-order chi connectivity index (χ0) is 11.0. The fourth-order valence-corrected chi connectivity index (χ4v) is 2.08. The lowest BCUT2D eigenvalue weighted by molar-refractivity contribution is 0.161. The van der Waals surface area contributed by atoms with Crippen LogP contribution in [0, 0.1) is 5.92 Å². The first kappa shape index (κ1) is 13.8. The van der Waals surface area contributed by atoms with E-state index >= 15 is 0 Å². The van der Waals surface area contributed by atoms with E-state index in [0.29, 0.717) is 19.7 Å². The summed E-state index contributed by atoms with van der Waals surface area (Å²) in [5, 5.41) is 2.79. The maximum absolute atomic E-state index is 11.3. The summed E-state index contributed by atoms with van der Waals surface area (Å²) in [6, 6.07) is 0. The molecule has 6 heteroatoms. The maximum atomic E-state index is 11.3. The molecule has 0 aliphatic heterocycles. The van der Waals surface area contributed by atoms with Gasteiger partial charge in [-0.3, -0.25) is 0 Å². The highest BCUT2D eigenvalue weighted by Crippen LogP contribution is 1.94. The Labute approximate surface area is 86.3 Å². The fourth-order valence-electron chi connectivity index (χ4n) is 0.921. The molecule has 2 N–H and O–H groups in total. The minimum atomic E-state index is -3.13. The summed E-state index contributed by atoms with van der Waals surface area (Å²) in [7, 11) is 0.203. The van der Waals surface area contributed by atoms with Crippen LogP contribution in [0.25, 0.3) is 0 Å². The summed E-state index contributed by atoms with van der Waals surface area (Å²) in [6.45, 7) is 3.40. The first-order valence-electron chi connectivity index (χ1n) is 4.62. The van der Waals surface area contributed by atoms with Crippen LogP contribution >= 0.6 is 0 Å². The molecule has 0 saturated carbocycles. The number of hydrogen-bond acceptors (Lipinski definition) is 4. The van der Waals surface area contributed by atoms with Crippen molar-refractivity contribution in [2.24, 2.45) is 5.92 Å².